The molecule has 9 amide bonds. The smallest absolute Gasteiger partial charge is 0.326 e. The van der Waals surface area contributed by atoms with Crippen molar-refractivity contribution in [1.82, 2.24) is 47.5 Å². The monoisotopic (exact) mass is 1240 g/mol. The summed E-state index contributed by atoms with van der Waals surface area (Å²) < 4.78 is 0. The van der Waals surface area contributed by atoms with E-state index in [2.05, 4.69) is 52.5 Å². The fraction of sp³-hybridized carbons (Fsp3) is 0.508. The predicted octanol–water partition coefficient (Wildman–Crippen LogP) is 1.31. The number of aliphatic imine (C=N–C) groups is 1. The molecule has 0 saturated heterocycles. The third-order valence-corrected chi connectivity index (χ3v) is 15.0. The van der Waals surface area contributed by atoms with Crippen molar-refractivity contribution in [2.24, 2.45) is 51.6 Å². The predicted molar refractivity (Wildman–Crippen MR) is 337 cm³/mol. The van der Waals surface area contributed by atoms with Gasteiger partial charge in [-0.25, -0.2) is 4.79 Å². The number of nitrogens with one attached hydrogen (secondary N) is 9. The molecule has 1 aromatic heterocycles. The van der Waals surface area contributed by atoms with Crippen LogP contribution in [0.3, 0.4) is 0 Å². The number of amides is 9. The van der Waals surface area contributed by atoms with Gasteiger partial charge in [-0.1, -0.05) is 122 Å². The van der Waals surface area contributed by atoms with Crippen LogP contribution in [0.25, 0.3) is 10.9 Å². The number of phenols is 1. The van der Waals surface area contributed by atoms with Gasteiger partial charge in [-0.2, -0.15) is 0 Å². The number of H-pyrrole nitrogens is 1. The zero-order chi connectivity index (χ0) is 66.1. The minimum absolute atomic E-state index is 0.0134. The van der Waals surface area contributed by atoms with Crippen LogP contribution in [0.1, 0.15) is 117 Å². The Bertz CT molecular complexity index is 3060. The average molecular weight is 1240 g/mol. The number of fused-ring (bicyclic) bond motifs is 1. The molecule has 4 aromatic rings. The lowest BCUT2D eigenvalue weighted by Crippen LogP contribution is -2.61. The number of aliphatic carboxylic acids is 1. The topological polar surface area (TPSA) is 440 Å². The Labute approximate surface area is 519 Å². The van der Waals surface area contributed by atoms with E-state index in [0.717, 1.165) is 0 Å². The molecule has 3 aromatic carbocycles. The summed E-state index contributed by atoms with van der Waals surface area (Å²) in [6.45, 7) is 14.0. The number of rotatable bonds is 37. The van der Waals surface area contributed by atoms with Gasteiger partial charge in [-0.05, 0) is 97.1 Å². The first kappa shape index (κ1) is 72.4. The molecule has 0 fully saturated rings. The summed E-state index contributed by atoms with van der Waals surface area (Å²) in [6, 6.07) is 10.1. The molecule has 4 rings (SSSR count). The van der Waals surface area contributed by atoms with Gasteiger partial charge < -0.3 is 80.7 Å². The van der Waals surface area contributed by atoms with Crippen LogP contribution in [-0.4, -0.2) is 141 Å². The minimum atomic E-state index is -1.55. The summed E-state index contributed by atoms with van der Waals surface area (Å²) in [7, 11) is 0. The molecule has 26 nitrogen and oxygen atoms in total. The number of nitrogens with two attached hydrogens (primary N) is 4. The van der Waals surface area contributed by atoms with Gasteiger partial charge in [0.1, 0.15) is 54.1 Å². The third-order valence-electron chi connectivity index (χ3n) is 15.0. The van der Waals surface area contributed by atoms with Crippen LogP contribution in [-0.2, 0) is 67.2 Å². The van der Waals surface area contributed by atoms with Crippen LogP contribution in [0.2, 0.25) is 0 Å². The summed E-state index contributed by atoms with van der Waals surface area (Å²) >= 11 is 0. The van der Waals surface area contributed by atoms with Gasteiger partial charge in [0.15, 0.2) is 5.96 Å². The van der Waals surface area contributed by atoms with E-state index in [1.165, 1.54) is 12.1 Å². The number of para-hydroxylation sites is 1. The molecule has 0 spiro atoms. The van der Waals surface area contributed by atoms with E-state index in [1.54, 1.807) is 114 Å². The number of nitrogens with zero attached hydrogens (tertiary/aromatic N) is 1. The zero-order valence-electron chi connectivity index (χ0n) is 52.1. The van der Waals surface area contributed by atoms with Gasteiger partial charge >= 0.3 is 5.97 Å². The van der Waals surface area contributed by atoms with Crippen molar-refractivity contribution in [2.45, 2.75) is 174 Å². The highest BCUT2D eigenvalue weighted by molar-refractivity contribution is 5.99. The first-order valence-electron chi connectivity index (χ1n) is 30.2. The van der Waals surface area contributed by atoms with Gasteiger partial charge in [-0.3, -0.25) is 48.1 Å². The molecule has 0 aliphatic heterocycles. The summed E-state index contributed by atoms with van der Waals surface area (Å²) in [6.07, 6.45) is 1.28. The first-order chi connectivity index (χ1) is 42.1. The molecule has 0 bridgehead atoms. The lowest BCUT2D eigenvalue weighted by molar-refractivity contribution is -0.143. The number of guanidine groups is 1. The van der Waals surface area contributed by atoms with E-state index in [0.29, 0.717) is 34.0 Å². The van der Waals surface area contributed by atoms with Crippen molar-refractivity contribution >= 4 is 76.0 Å². The highest BCUT2D eigenvalue weighted by atomic mass is 16.4. The van der Waals surface area contributed by atoms with E-state index in [1.807, 2.05) is 13.8 Å². The maximum atomic E-state index is 15.0. The number of carboxylic acids is 1. The second-order valence-corrected chi connectivity index (χ2v) is 23.8. The Kier molecular flexibility index (Phi) is 29.0. The van der Waals surface area contributed by atoms with E-state index in [9.17, 15) is 53.4 Å². The summed E-state index contributed by atoms with van der Waals surface area (Å²) in [5.41, 5.74) is 25.7. The maximum Gasteiger partial charge on any atom is 0.326 e. The van der Waals surface area contributed by atoms with Crippen LogP contribution >= 0.6 is 0 Å². The van der Waals surface area contributed by atoms with Gasteiger partial charge in [-0.15, -0.1) is 0 Å². The molecule has 0 aliphatic rings. The van der Waals surface area contributed by atoms with Crippen LogP contribution in [0.15, 0.2) is 90.1 Å². The standard InChI is InChI=1S/C63H92N14O12/c1-9-37(8)53(61(87)75-49(31-38-16-11-10-12-17-38)60(86)76-52(36(6)7)62(88)89)77-56(82)45(20-15-27-68-63(66)67)70-59(85)50(32-40-33-69-44-19-14-13-18-42(40)44)74-55(81)46(25-26-51(65)79)71-57(83)48(29-35(4)5)73-58(84)47(28-34(2)3)72-54(80)43(64)30-39-21-23-41(78)24-22-39/h10-14,16-19,21-24,33-37,43,45-50,52-53,69,78H,9,15,20,25-32,64H2,1-8H3,(H2,65,79)(H,70,85)(H,71,83)(H,72,80)(H,73,84)(H,74,81)(H,75,87)(H,76,86)(H,77,82)(H,88,89)(H4,66,67,68)/t37-,43-,45-,46-,47-,48-,49-,50-,52-,53-/m0/s1. The van der Waals surface area contributed by atoms with Crippen molar-refractivity contribution in [3.05, 3.63) is 102 Å². The number of carboxylic acid groups (broad SMARTS) is 1. The highest BCUT2D eigenvalue weighted by Gasteiger charge is 2.37. The minimum Gasteiger partial charge on any atom is -0.508 e. The SMILES string of the molecule is CC[C@H](C)[C@H](NC(=O)[C@H](CCCN=C(N)N)NC(=O)[C@H](Cc1c[nH]c2ccccc12)NC(=O)[C@H](CCC(N)=O)NC(=O)[C@H](CC(C)C)NC(=O)[C@H](CC(C)C)NC(=O)[C@@H](N)Cc1ccc(O)cc1)C(=O)N[C@@H](Cc1ccccc1)C(=O)N[C@H](C(=O)O)C(C)C. The number of phenolic OH excluding ortho intramolecular Hbond substituents is 1. The average Bonchev–Trinajstić information content (AvgIpc) is 3.28. The fourth-order valence-corrected chi connectivity index (χ4v) is 9.85. The Morgan fingerprint density at radius 2 is 1.00 bits per heavy atom. The Morgan fingerprint density at radius 1 is 0.528 bits per heavy atom. The number of carbonyl (C=O) groups excluding carboxylic acids is 9. The highest BCUT2D eigenvalue weighted by Crippen LogP contribution is 2.21. The number of aromatic amines is 1. The normalized spacial score (nSPS) is 14.7. The Hall–Kier alpha value is -9.07. The number of hydrogen-bond donors (Lipinski definition) is 15. The van der Waals surface area contributed by atoms with Gasteiger partial charge in [0.25, 0.3) is 0 Å². The Morgan fingerprint density at radius 3 is 1.56 bits per heavy atom. The van der Waals surface area contributed by atoms with Crippen molar-refractivity contribution in [3.63, 3.8) is 0 Å². The second kappa shape index (κ2) is 35.7. The summed E-state index contributed by atoms with van der Waals surface area (Å²) in [5.74, 6) is -10.1. The number of benzene rings is 3. The molecule has 0 unspecified atom stereocenters. The van der Waals surface area contributed by atoms with Gasteiger partial charge in [0.05, 0.1) is 6.04 Å². The summed E-state index contributed by atoms with van der Waals surface area (Å²) in [4.78, 5) is 147. The molecule has 0 aliphatic carbocycles. The first-order valence-corrected chi connectivity index (χ1v) is 30.2. The molecule has 0 radical (unpaired) electrons. The summed E-state index contributed by atoms with van der Waals surface area (Å²) in [5, 5.41) is 42.0. The quantitative estimate of drug-likeness (QED) is 0.0172. The van der Waals surface area contributed by atoms with Crippen LogP contribution in [0.4, 0.5) is 0 Å². The number of carbonyl (C=O) groups is 10. The third kappa shape index (κ3) is 24.2. The fourth-order valence-electron chi connectivity index (χ4n) is 9.85. The van der Waals surface area contributed by atoms with E-state index >= 15 is 4.79 Å². The molecule has 486 valence electrons. The van der Waals surface area contributed by atoms with Gasteiger partial charge in [0, 0.05) is 42.9 Å². The van der Waals surface area contributed by atoms with Gasteiger partial charge in [0.2, 0.25) is 53.2 Å². The molecule has 10 atom stereocenters. The number of aromatic hydroxyl groups is 1. The largest absolute Gasteiger partial charge is 0.508 e. The molecular formula is C63H92N14O12. The molecule has 89 heavy (non-hydrogen) atoms. The van der Waals surface area contributed by atoms with E-state index in [4.69, 9.17) is 22.9 Å². The van der Waals surface area contributed by atoms with Crippen molar-refractivity contribution in [1.29, 1.82) is 0 Å². The zero-order valence-corrected chi connectivity index (χ0v) is 52.1. The second-order valence-electron chi connectivity index (χ2n) is 23.8. The molecule has 26 heteroatoms. The van der Waals surface area contributed by atoms with Crippen molar-refractivity contribution < 1.29 is 58.2 Å². The number of aromatic nitrogens is 1. The van der Waals surface area contributed by atoms with Crippen LogP contribution in [0.5, 0.6) is 5.75 Å². The van der Waals surface area contributed by atoms with Crippen molar-refractivity contribution in [2.75, 3.05) is 6.54 Å². The number of primary amides is 1. The van der Waals surface area contributed by atoms with Crippen LogP contribution in [0, 0.1) is 23.7 Å². The molecule has 0 saturated carbocycles. The van der Waals surface area contributed by atoms with E-state index < -0.39 is 132 Å². The molecular weight excluding hydrogens is 1140 g/mol. The maximum absolute atomic E-state index is 15.0. The lowest BCUT2D eigenvalue weighted by atomic mass is 9.96. The lowest BCUT2D eigenvalue weighted by Gasteiger charge is -2.30. The van der Waals surface area contributed by atoms with E-state index in [-0.39, 0.29) is 81.5 Å². The van der Waals surface area contributed by atoms with Crippen molar-refractivity contribution in [3.8, 4) is 5.75 Å². The molecule has 19 N–H and O–H groups in total. The Balaban J connectivity index is 1.68. The number of hydrogen-bond acceptors (Lipinski definition) is 13. The van der Waals surface area contributed by atoms with Crippen LogP contribution < -0.4 is 65.5 Å². The molecule has 1 heterocycles.